The van der Waals surface area contributed by atoms with E-state index in [1.54, 1.807) is 24.3 Å². The molecule has 0 bridgehead atoms. The molecule has 0 saturated carbocycles. The molecule has 0 aromatic heterocycles. The van der Waals surface area contributed by atoms with Gasteiger partial charge in [-0.05, 0) is 48.7 Å². The van der Waals surface area contributed by atoms with Crippen LogP contribution in [0.15, 0.2) is 54.6 Å². The van der Waals surface area contributed by atoms with Crippen molar-refractivity contribution in [1.82, 2.24) is 4.90 Å². The summed E-state index contributed by atoms with van der Waals surface area (Å²) in [6.45, 7) is 0.918. The van der Waals surface area contributed by atoms with Crippen LogP contribution < -0.4 is 4.90 Å². The summed E-state index contributed by atoms with van der Waals surface area (Å²) in [4.78, 5) is 44.4. The molecule has 168 valence electrons. The molecule has 7 heteroatoms. The second-order valence-electron chi connectivity index (χ2n) is 9.11. The van der Waals surface area contributed by atoms with Crippen LogP contribution in [0, 0.1) is 11.8 Å². The Morgan fingerprint density at radius 3 is 2.55 bits per heavy atom. The van der Waals surface area contributed by atoms with Crippen molar-refractivity contribution in [2.45, 2.75) is 31.0 Å². The number of hydrogen-bond acceptors (Lipinski definition) is 5. The zero-order valence-electron chi connectivity index (χ0n) is 17.9. The number of fused-ring (bicyclic) bond motifs is 5. The summed E-state index contributed by atoms with van der Waals surface area (Å²) in [7, 11) is 0. The van der Waals surface area contributed by atoms with Crippen molar-refractivity contribution in [3.8, 4) is 0 Å². The summed E-state index contributed by atoms with van der Waals surface area (Å²) in [5.41, 5.74) is 2.32. The molecule has 2 aromatic carbocycles. The van der Waals surface area contributed by atoms with Crippen LogP contribution in [0.5, 0.6) is 0 Å². The van der Waals surface area contributed by atoms with Crippen molar-refractivity contribution in [1.29, 1.82) is 0 Å². The topological polar surface area (TPSA) is 66.9 Å². The molecular formula is C26H23ClN2O4. The number of rotatable bonds is 4. The average molecular weight is 463 g/mol. The summed E-state index contributed by atoms with van der Waals surface area (Å²) < 4.78 is 5.69. The second-order valence-corrected chi connectivity index (χ2v) is 9.54. The quantitative estimate of drug-likeness (QED) is 0.513. The monoisotopic (exact) mass is 462 g/mol. The molecule has 2 aromatic rings. The van der Waals surface area contributed by atoms with E-state index in [0.717, 1.165) is 24.1 Å². The minimum absolute atomic E-state index is 0.124. The van der Waals surface area contributed by atoms with Gasteiger partial charge in [0.05, 0.1) is 30.5 Å². The zero-order valence-corrected chi connectivity index (χ0v) is 18.6. The Hall–Kier alpha value is -2.96. The van der Waals surface area contributed by atoms with Gasteiger partial charge in [0, 0.05) is 22.9 Å². The van der Waals surface area contributed by atoms with Crippen LogP contribution in [-0.4, -0.2) is 53.8 Å². The van der Waals surface area contributed by atoms with Gasteiger partial charge in [-0.3, -0.25) is 19.3 Å². The Kier molecular flexibility index (Phi) is 4.89. The average Bonchev–Trinajstić information content (AvgIpc) is 3.52. The van der Waals surface area contributed by atoms with E-state index in [-0.39, 0.29) is 36.3 Å². The third kappa shape index (κ3) is 3.15. The molecule has 4 heterocycles. The van der Waals surface area contributed by atoms with E-state index >= 15 is 0 Å². The van der Waals surface area contributed by atoms with Crippen molar-refractivity contribution in [2.75, 3.05) is 18.1 Å². The molecule has 0 unspecified atom stereocenters. The molecular weight excluding hydrogens is 440 g/mol. The van der Waals surface area contributed by atoms with E-state index in [0.29, 0.717) is 17.2 Å². The van der Waals surface area contributed by atoms with Crippen molar-refractivity contribution in [2.24, 2.45) is 11.8 Å². The third-order valence-electron chi connectivity index (χ3n) is 7.31. The standard InChI is InChI=1S/C26H23ClN2O4/c27-17-10-7-16(8-11-17)24(30)23-22-21(20-12-9-15-4-1-2-6-19(15)29(20)23)25(31)28(26(22)32)14-18-5-3-13-33-18/h1-2,4,6-12,18,20-23H,3,5,13-14H2/t18-,20+,21-,22+,23-/m0/s1. The number of halogens is 1. The van der Waals surface area contributed by atoms with Crippen LogP contribution in [0.25, 0.3) is 6.08 Å². The maximum absolute atomic E-state index is 13.9. The van der Waals surface area contributed by atoms with Gasteiger partial charge in [0.25, 0.3) is 0 Å². The summed E-state index contributed by atoms with van der Waals surface area (Å²) in [6.07, 6.45) is 5.60. The van der Waals surface area contributed by atoms with Gasteiger partial charge in [-0.1, -0.05) is 42.0 Å². The SMILES string of the molecule is O=C(c1ccc(Cl)cc1)[C@@H]1[C@@H]2C(=O)N(C[C@@H]3CCCO3)C(=O)[C@H]2[C@H]2C=Cc3ccccc3N21. The first-order chi connectivity index (χ1) is 16.0. The lowest BCUT2D eigenvalue weighted by Gasteiger charge is -2.36. The number of anilines is 1. The van der Waals surface area contributed by atoms with Crippen LogP contribution in [-0.2, 0) is 14.3 Å². The van der Waals surface area contributed by atoms with Crippen LogP contribution in [0.1, 0.15) is 28.8 Å². The molecule has 3 fully saturated rings. The van der Waals surface area contributed by atoms with Crippen molar-refractivity contribution >= 4 is 41.0 Å². The zero-order chi connectivity index (χ0) is 22.7. The molecule has 3 saturated heterocycles. The van der Waals surface area contributed by atoms with E-state index in [2.05, 4.69) is 0 Å². The van der Waals surface area contributed by atoms with Gasteiger partial charge in [0.2, 0.25) is 11.8 Å². The Balaban J connectivity index is 1.43. The first kappa shape index (κ1) is 20.6. The molecule has 6 rings (SSSR count). The molecule has 6 nitrogen and oxygen atoms in total. The van der Waals surface area contributed by atoms with Crippen molar-refractivity contribution in [3.05, 3.63) is 70.8 Å². The predicted molar refractivity (Wildman–Crippen MR) is 124 cm³/mol. The number of carbonyl (C=O) groups excluding carboxylic acids is 3. The van der Waals surface area contributed by atoms with Crippen LogP contribution >= 0.6 is 11.6 Å². The van der Waals surface area contributed by atoms with E-state index in [4.69, 9.17) is 16.3 Å². The smallest absolute Gasteiger partial charge is 0.235 e. The number of likely N-dealkylation sites (tertiary alicyclic amines) is 1. The van der Waals surface area contributed by atoms with E-state index in [1.165, 1.54) is 4.90 Å². The Morgan fingerprint density at radius 2 is 1.79 bits per heavy atom. The number of para-hydroxylation sites is 1. The highest BCUT2D eigenvalue weighted by Crippen LogP contribution is 2.49. The lowest BCUT2D eigenvalue weighted by atomic mass is 9.86. The van der Waals surface area contributed by atoms with Crippen molar-refractivity contribution in [3.63, 3.8) is 0 Å². The maximum Gasteiger partial charge on any atom is 0.235 e. The molecule has 0 N–H and O–H groups in total. The van der Waals surface area contributed by atoms with E-state index in [1.807, 2.05) is 41.3 Å². The van der Waals surface area contributed by atoms with Crippen LogP contribution in [0.4, 0.5) is 5.69 Å². The molecule has 4 aliphatic heterocycles. The number of ether oxygens (including phenoxy) is 1. The van der Waals surface area contributed by atoms with Crippen LogP contribution in [0.3, 0.4) is 0 Å². The Bertz CT molecular complexity index is 1170. The highest BCUT2D eigenvalue weighted by molar-refractivity contribution is 6.30. The highest BCUT2D eigenvalue weighted by Gasteiger charge is 2.64. The summed E-state index contributed by atoms with van der Waals surface area (Å²) in [5.74, 6) is -1.97. The molecule has 2 amide bonds. The number of imide groups is 1. The van der Waals surface area contributed by atoms with Gasteiger partial charge < -0.3 is 9.64 Å². The number of ketones is 1. The minimum Gasteiger partial charge on any atom is -0.376 e. The number of benzene rings is 2. The second kappa shape index (κ2) is 7.82. The van der Waals surface area contributed by atoms with E-state index < -0.39 is 17.9 Å². The van der Waals surface area contributed by atoms with Crippen LogP contribution in [0.2, 0.25) is 5.02 Å². The van der Waals surface area contributed by atoms with Gasteiger partial charge in [0.15, 0.2) is 5.78 Å². The third-order valence-corrected chi connectivity index (χ3v) is 7.57. The van der Waals surface area contributed by atoms with Gasteiger partial charge >= 0.3 is 0 Å². The molecule has 4 aliphatic rings. The van der Waals surface area contributed by atoms with Crippen molar-refractivity contribution < 1.29 is 19.1 Å². The number of nitrogens with zero attached hydrogens (tertiary/aromatic N) is 2. The fraction of sp³-hybridized carbons (Fsp3) is 0.346. The summed E-state index contributed by atoms with van der Waals surface area (Å²) >= 11 is 6.04. The molecule has 33 heavy (non-hydrogen) atoms. The highest BCUT2D eigenvalue weighted by atomic mass is 35.5. The first-order valence-corrected chi connectivity index (χ1v) is 11.7. The number of Topliss-reactive ketones (excluding diaryl/α,β-unsaturated/α-hetero) is 1. The van der Waals surface area contributed by atoms with E-state index in [9.17, 15) is 14.4 Å². The number of hydrogen-bond donors (Lipinski definition) is 0. The molecule has 0 aliphatic carbocycles. The lowest BCUT2D eigenvalue weighted by Crippen LogP contribution is -2.49. The number of amides is 2. The van der Waals surface area contributed by atoms with Gasteiger partial charge in [-0.25, -0.2) is 0 Å². The first-order valence-electron chi connectivity index (χ1n) is 11.4. The predicted octanol–water partition coefficient (Wildman–Crippen LogP) is 3.59. The summed E-state index contributed by atoms with van der Waals surface area (Å²) in [6, 6.07) is 13.4. The summed E-state index contributed by atoms with van der Waals surface area (Å²) in [5, 5.41) is 0.537. The minimum atomic E-state index is -0.766. The maximum atomic E-state index is 13.9. The largest absolute Gasteiger partial charge is 0.376 e. The molecule has 0 radical (unpaired) electrons. The fourth-order valence-electron chi connectivity index (χ4n) is 5.83. The number of carbonyl (C=O) groups is 3. The van der Waals surface area contributed by atoms with Gasteiger partial charge in [-0.15, -0.1) is 0 Å². The van der Waals surface area contributed by atoms with Gasteiger partial charge in [0.1, 0.15) is 6.04 Å². The Morgan fingerprint density at radius 1 is 1.03 bits per heavy atom. The lowest BCUT2D eigenvalue weighted by molar-refractivity contribution is -0.142. The molecule has 5 atom stereocenters. The fourth-order valence-corrected chi connectivity index (χ4v) is 5.96. The molecule has 0 spiro atoms. The van der Waals surface area contributed by atoms with Gasteiger partial charge in [-0.2, -0.15) is 0 Å². The Labute approximate surface area is 196 Å². The normalized spacial score (nSPS) is 29.9.